The third-order valence-corrected chi connectivity index (χ3v) is 2.89. The number of nitrogens with zero attached hydrogens (tertiary/aromatic N) is 1. The maximum atomic E-state index is 12.2. The quantitative estimate of drug-likeness (QED) is 0.716. The van der Waals surface area contributed by atoms with Crippen molar-refractivity contribution in [2.75, 3.05) is 22.5 Å². The fourth-order valence-electron chi connectivity index (χ4n) is 1.90. The fourth-order valence-corrected chi connectivity index (χ4v) is 1.90. The first-order valence-corrected chi connectivity index (χ1v) is 7.08. The SMILES string of the molecule is C=CCNc1ccc(C(=O)Nc2cccc(NC(C)=O)c2)nc1. The van der Waals surface area contributed by atoms with Crippen LogP contribution in [0.4, 0.5) is 17.1 Å². The molecule has 0 spiro atoms. The van der Waals surface area contributed by atoms with Crippen LogP contribution in [-0.2, 0) is 4.79 Å². The van der Waals surface area contributed by atoms with Gasteiger partial charge in [0, 0.05) is 24.8 Å². The average molecular weight is 310 g/mol. The number of hydrogen-bond acceptors (Lipinski definition) is 4. The van der Waals surface area contributed by atoms with Gasteiger partial charge in [-0.05, 0) is 30.3 Å². The first-order valence-electron chi connectivity index (χ1n) is 7.08. The van der Waals surface area contributed by atoms with Crippen LogP contribution in [0.1, 0.15) is 17.4 Å². The molecule has 118 valence electrons. The molecule has 2 aromatic rings. The summed E-state index contributed by atoms with van der Waals surface area (Å²) >= 11 is 0. The van der Waals surface area contributed by atoms with Gasteiger partial charge in [0.15, 0.2) is 0 Å². The molecule has 0 atom stereocenters. The van der Waals surface area contributed by atoms with Crippen LogP contribution in [-0.4, -0.2) is 23.3 Å². The summed E-state index contributed by atoms with van der Waals surface area (Å²) in [5.41, 5.74) is 2.32. The van der Waals surface area contributed by atoms with E-state index < -0.39 is 0 Å². The molecule has 0 fully saturated rings. The lowest BCUT2D eigenvalue weighted by atomic mass is 10.2. The van der Waals surface area contributed by atoms with Crippen LogP contribution in [0.25, 0.3) is 0 Å². The van der Waals surface area contributed by atoms with Gasteiger partial charge in [-0.3, -0.25) is 9.59 Å². The van der Waals surface area contributed by atoms with Crippen molar-refractivity contribution in [3.8, 4) is 0 Å². The van der Waals surface area contributed by atoms with Gasteiger partial charge in [-0.15, -0.1) is 6.58 Å². The molecule has 2 amide bonds. The molecule has 0 saturated heterocycles. The molecule has 1 heterocycles. The molecular formula is C17H18N4O2. The molecular weight excluding hydrogens is 292 g/mol. The van der Waals surface area contributed by atoms with Crippen molar-refractivity contribution in [3.63, 3.8) is 0 Å². The van der Waals surface area contributed by atoms with E-state index in [2.05, 4.69) is 27.5 Å². The largest absolute Gasteiger partial charge is 0.380 e. The highest BCUT2D eigenvalue weighted by molar-refractivity contribution is 6.03. The molecule has 23 heavy (non-hydrogen) atoms. The second-order valence-electron chi connectivity index (χ2n) is 4.82. The Hall–Kier alpha value is -3.15. The van der Waals surface area contributed by atoms with E-state index in [0.29, 0.717) is 23.6 Å². The summed E-state index contributed by atoms with van der Waals surface area (Å²) in [4.78, 5) is 27.3. The standard InChI is InChI=1S/C17H18N4O2/c1-3-9-18-15-7-8-16(19-11-15)17(23)21-14-6-4-5-13(10-14)20-12(2)22/h3-8,10-11,18H,1,9H2,2H3,(H,20,22)(H,21,23). The van der Waals surface area contributed by atoms with Gasteiger partial charge in [0.1, 0.15) is 5.69 Å². The van der Waals surface area contributed by atoms with E-state index >= 15 is 0 Å². The number of hydrogen-bond donors (Lipinski definition) is 3. The molecule has 1 aromatic carbocycles. The predicted octanol–water partition coefficient (Wildman–Crippen LogP) is 2.89. The Bertz CT molecular complexity index is 711. The number of carbonyl (C=O) groups is 2. The van der Waals surface area contributed by atoms with Crippen molar-refractivity contribution in [2.45, 2.75) is 6.92 Å². The third-order valence-electron chi connectivity index (χ3n) is 2.89. The van der Waals surface area contributed by atoms with Gasteiger partial charge < -0.3 is 16.0 Å². The van der Waals surface area contributed by atoms with E-state index in [0.717, 1.165) is 5.69 Å². The Labute approximate surface area is 134 Å². The third kappa shape index (κ3) is 4.96. The lowest BCUT2D eigenvalue weighted by molar-refractivity contribution is -0.114. The van der Waals surface area contributed by atoms with Gasteiger partial charge in [-0.1, -0.05) is 12.1 Å². The maximum Gasteiger partial charge on any atom is 0.274 e. The van der Waals surface area contributed by atoms with Gasteiger partial charge in [-0.25, -0.2) is 4.98 Å². The number of anilines is 3. The molecule has 3 N–H and O–H groups in total. The van der Waals surface area contributed by atoms with Gasteiger partial charge in [-0.2, -0.15) is 0 Å². The predicted molar refractivity (Wildman–Crippen MR) is 91.6 cm³/mol. The molecule has 0 aliphatic heterocycles. The molecule has 0 saturated carbocycles. The van der Waals surface area contributed by atoms with Crippen LogP contribution in [0, 0.1) is 0 Å². The minimum absolute atomic E-state index is 0.169. The smallest absolute Gasteiger partial charge is 0.274 e. The Morgan fingerprint density at radius 2 is 1.87 bits per heavy atom. The summed E-state index contributed by atoms with van der Waals surface area (Å²) in [5, 5.41) is 8.49. The lowest BCUT2D eigenvalue weighted by Gasteiger charge is -2.08. The molecule has 0 aliphatic carbocycles. The Morgan fingerprint density at radius 3 is 2.48 bits per heavy atom. The Kier molecular flexibility index (Phi) is 5.46. The Balaban J connectivity index is 2.03. The first-order chi connectivity index (χ1) is 11.1. The molecule has 1 aromatic heterocycles. The van der Waals surface area contributed by atoms with Crippen LogP contribution >= 0.6 is 0 Å². The lowest BCUT2D eigenvalue weighted by Crippen LogP contribution is -2.14. The summed E-state index contributed by atoms with van der Waals surface area (Å²) in [6.45, 7) is 5.68. The summed E-state index contributed by atoms with van der Waals surface area (Å²) < 4.78 is 0. The van der Waals surface area contributed by atoms with Gasteiger partial charge in [0.25, 0.3) is 5.91 Å². The number of benzene rings is 1. The van der Waals surface area contributed by atoms with E-state index in [1.165, 1.54) is 6.92 Å². The second kappa shape index (κ2) is 7.74. The summed E-state index contributed by atoms with van der Waals surface area (Å²) in [5.74, 6) is -0.488. The highest BCUT2D eigenvalue weighted by atomic mass is 16.2. The van der Waals surface area contributed by atoms with Crippen LogP contribution in [0.3, 0.4) is 0 Å². The highest BCUT2D eigenvalue weighted by Gasteiger charge is 2.08. The van der Waals surface area contributed by atoms with E-state index in [1.807, 2.05) is 0 Å². The van der Waals surface area contributed by atoms with Crippen molar-refractivity contribution in [3.05, 3.63) is 60.9 Å². The Morgan fingerprint density at radius 1 is 1.13 bits per heavy atom. The molecule has 6 nitrogen and oxygen atoms in total. The minimum Gasteiger partial charge on any atom is -0.380 e. The zero-order valence-electron chi connectivity index (χ0n) is 12.8. The summed E-state index contributed by atoms with van der Waals surface area (Å²) in [7, 11) is 0. The number of aromatic nitrogens is 1. The molecule has 0 aliphatic rings. The zero-order chi connectivity index (χ0) is 16.7. The van der Waals surface area contributed by atoms with E-state index in [9.17, 15) is 9.59 Å². The second-order valence-corrected chi connectivity index (χ2v) is 4.82. The van der Waals surface area contributed by atoms with Crippen molar-refractivity contribution in [1.82, 2.24) is 4.98 Å². The summed E-state index contributed by atoms with van der Waals surface area (Å²) in [6, 6.07) is 10.3. The average Bonchev–Trinajstić information content (AvgIpc) is 2.53. The summed E-state index contributed by atoms with van der Waals surface area (Å²) in [6.07, 6.45) is 3.33. The van der Waals surface area contributed by atoms with E-state index in [1.54, 1.807) is 48.7 Å². The minimum atomic E-state index is -0.319. The maximum absolute atomic E-state index is 12.2. The number of amides is 2. The number of nitrogens with one attached hydrogen (secondary N) is 3. The van der Waals surface area contributed by atoms with Crippen molar-refractivity contribution >= 4 is 28.9 Å². The van der Waals surface area contributed by atoms with Gasteiger partial charge >= 0.3 is 0 Å². The molecule has 0 bridgehead atoms. The number of pyridine rings is 1. The van der Waals surface area contributed by atoms with E-state index in [-0.39, 0.29) is 11.8 Å². The molecule has 6 heteroatoms. The van der Waals surface area contributed by atoms with Gasteiger partial charge in [0.2, 0.25) is 5.91 Å². The van der Waals surface area contributed by atoms with Crippen LogP contribution in [0.15, 0.2) is 55.3 Å². The fraction of sp³-hybridized carbons (Fsp3) is 0.118. The van der Waals surface area contributed by atoms with Crippen LogP contribution < -0.4 is 16.0 Å². The topological polar surface area (TPSA) is 83.1 Å². The zero-order valence-corrected chi connectivity index (χ0v) is 12.8. The van der Waals surface area contributed by atoms with E-state index in [4.69, 9.17) is 0 Å². The monoisotopic (exact) mass is 310 g/mol. The molecule has 0 unspecified atom stereocenters. The van der Waals surface area contributed by atoms with Gasteiger partial charge in [0.05, 0.1) is 11.9 Å². The van der Waals surface area contributed by atoms with Crippen molar-refractivity contribution < 1.29 is 9.59 Å². The van der Waals surface area contributed by atoms with Crippen LogP contribution in [0.5, 0.6) is 0 Å². The molecule has 0 radical (unpaired) electrons. The normalized spacial score (nSPS) is 9.78. The van der Waals surface area contributed by atoms with Crippen molar-refractivity contribution in [1.29, 1.82) is 0 Å². The van der Waals surface area contributed by atoms with Crippen molar-refractivity contribution in [2.24, 2.45) is 0 Å². The number of rotatable bonds is 6. The number of carbonyl (C=O) groups excluding carboxylic acids is 2. The highest BCUT2D eigenvalue weighted by Crippen LogP contribution is 2.16. The molecule has 2 rings (SSSR count). The van der Waals surface area contributed by atoms with Crippen LogP contribution in [0.2, 0.25) is 0 Å². The first kappa shape index (κ1) is 16.2.